The van der Waals surface area contributed by atoms with E-state index in [-0.39, 0.29) is 29.6 Å². The van der Waals surface area contributed by atoms with Crippen molar-refractivity contribution in [2.24, 2.45) is 11.7 Å². The van der Waals surface area contributed by atoms with E-state index in [9.17, 15) is 13.6 Å². The number of oxazole rings is 1. The third-order valence-electron chi connectivity index (χ3n) is 3.21. The second kappa shape index (κ2) is 6.65. The van der Waals surface area contributed by atoms with Crippen LogP contribution in [0.1, 0.15) is 41.8 Å². The summed E-state index contributed by atoms with van der Waals surface area (Å²) in [7, 11) is 0. The molecule has 7 heteroatoms. The number of nitrogens with one attached hydrogen (secondary N) is 1. The molecule has 0 saturated carbocycles. The summed E-state index contributed by atoms with van der Waals surface area (Å²) < 4.78 is 31.4. The second-order valence-corrected chi connectivity index (χ2v) is 5.26. The molecule has 0 bridgehead atoms. The Hall–Kier alpha value is -2.28. The van der Waals surface area contributed by atoms with E-state index < -0.39 is 23.6 Å². The van der Waals surface area contributed by atoms with E-state index in [4.69, 9.17) is 10.2 Å². The van der Waals surface area contributed by atoms with Crippen LogP contribution < -0.4 is 11.1 Å². The van der Waals surface area contributed by atoms with Crippen molar-refractivity contribution < 1.29 is 18.0 Å². The van der Waals surface area contributed by atoms with Gasteiger partial charge >= 0.3 is 0 Å². The maximum absolute atomic E-state index is 13.5. The smallest absolute Gasteiger partial charge is 0.273 e. The average molecular weight is 309 g/mol. The summed E-state index contributed by atoms with van der Waals surface area (Å²) in [6, 6.07) is 2.75. The number of benzene rings is 1. The summed E-state index contributed by atoms with van der Waals surface area (Å²) in [5.74, 6) is -1.52. The molecule has 0 saturated heterocycles. The molecule has 0 fully saturated rings. The number of nitrogens with two attached hydrogens (primary N) is 1. The first kappa shape index (κ1) is 16.1. The molecule has 2 aromatic rings. The number of amides is 1. The third-order valence-corrected chi connectivity index (χ3v) is 3.21. The molecule has 0 aliphatic rings. The van der Waals surface area contributed by atoms with Gasteiger partial charge in [-0.05, 0) is 12.0 Å². The van der Waals surface area contributed by atoms with Gasteiger partial charge in [0.15, 0.2) is 5.69 Å². The van der Waals surface area contributed by atoms with Gasteiger partial charge in [-0.1, -0.05) is 19.9 Å². The lowest BCUT2D eigenvalue weighted by Gasteiger charge is -2.10. The van der Waals surface area contributed by atoms with E-state index in [0.29, 0.717) is 0 Å². The fraction of sp³-hybridized carbons (Fsp3) is 0.333. The first-order chi connectivity index (χ1) is 10.4. The molecule has 3 N–H and O–H groups in total. The normalized spacial score (nSPS) is 12.5. The van der Waals surface area contributed by atoms with Crippen molar-refractivity contribution in [3.63, 3.8) is 0 Å². The van der Waals surface area contributed by atoms with Gasteiger partial charge in [-0.2, -0.15) is 0 Å². The Morgan fingerprint density at radius 3 is 2.77 bits per heavy atom. The highest BCUT2D eigenvalue weighted by molar-refractivity contribution is 5.91. The molecular weight excluding hydrogens is 292 g/mol. The number of hydrogen-bond acceptors (Lipinski definition) is 4. The van der Waals surface area contributed by atoms with Gasteiger partial charge in [0, 0.05) is 18.2 Å². The van der Waals surface area contributed by atoms with Crippen molar-refractivity contribution in [1.82, 2.24) is 10.3 Å². The van der Waals surface area contributed by atoms with Crippen LogP contribution >= 0.6 is 0 Å². The highest BCUT2D eigenvalue weighted by Gasteiger charge is 2.19. The van der Waals surface area contributed by atoms with Gasteiger partial charge in [0.1, 0.15) is 17.9 Å². The van der Waals surface area contributed by atoms with Crippen molar-refractivity contribution in [2.75, 3.05) is 0 Å². The van der Waals surface area contributed by atoms with Gasteiger partial charge in [0.2, 0.25) is 5.89 Å². The SMILES string of the molecule is CC(C)C(N)c1nc(C(=O)NCc2ccc(F)cc2F)co1. The number of carbonyl (C=O) groups excluding carboxylic acids is 1. The highest BCUT2D eigenvalue weighted by Crippen LogP contribution is 2.18. The summed E-state index contributed by atoms with van der Waals surface area (Å²) in [6.45, 7) is 3.74. The lowest BCUT2D eigenvalue weighted by Crippen LogP contribution is -2.24. The Balaban J connectivity index is 2.01. The van der Waals surface area contributed by atoms with Crippen LogP contribution in [0.25, 0.3) is 0 Å². The number of rotatable bonds is 5. The maximum atomic E-state index is 13.5. The summed E-state index contributed by atoms with van der Waals surface area (Å²) in [5.41, 5.74) is 6.12. The molecule has 1 amide bonds. The average Bonchev–Trinajstić information content (AvgIpc) is 2.94. The van der Waals surface area contributed by atoms with Crippen molar-refractivity contribution in [1.29, 1.82) is 0 Å². The molecule has 0 spiro atoms. The van der Waals surface area contributed by atoms with E-state index in [1.807, 2.05) is 13.8 Å². The number of nitrogens with zero attached hydrogens (tertiary/aromatic N) is 1. The minimum absolute atomic E-state index is 0.0635. The number of halogens is 2. The number of aromatic nitrogens is 1. The van der Waals surface area contributed by atoms with Crippen LogP contribution in [0.5, 0.6) is 0 Å². The fourth-order valence-electron chi connectivity index (χ4n) is 1.76. The van der Waals surface area contributed by atoms with Crippen LogP contribution in [0.15, 0.2) is 28.9 Å². The molecule has 1 atom stereocenters. The molecule has 22 heavy (non-hydrogen) atoms. The van der Waals surface area contributed by atoms with Gasteiger partial charge in [-0.3, -0.25) is 4.79 Å². The Morgan fingerprint density at radius 1 is 1.41 bits per heavy atom. The van der Waals surface area contributed by atoms with Crippen molar-refractivity contribution in [2.45, 2.75) is 26.4 Å². The van der Waals surface area contributed by atoms with Crippen molar-refractivity contribution in [3.05, 3.63) is 53.2 Å². The lowest BCUT2D eigenvalue weighted by molar-refractivity contribution is 0.0945. The van der Waals surface area contributed by atoms with Crippen molar-refractivity contribution >= 4 is 5.91 Å². The number of hydrogen-bond donors (Lipinski definition) is 2. The Bertz CT molecular complexity index is 671. The minimum Gasteiger partial charge on any atom is -0.446 e. The van der Waals surface area contributed by atoms with Crippen LogP contribution in [-0.4, -0.2) is 10.9 Å². The molecule has 1 unspecified atom stereocenters. The molecular formula is C15H17F2N3O2. The van der Waals surface area contributed by atoms with Crippen LogP contribution in [0.2, 0.25) is 0 Å². The first-order valence-corrected chi connectivity index (χ1v) is 6.81. The van der Waals surface area contributed by atoms with E-state index >= 15 is 0 Å². The maximum Gasteiger partial charge on any atom is 0.273 e. The van der Waals surface area contributed by atoms with Gasteiger partial charge in [-0.15, -0.1) is 0 Å². The van der Waals surface area contributed by atoms with Crippen molar-refractivity contribution in [3.8, 4) is 0 Å². The van der Waals surface area contributed by atoms with Crippen LogP contribution in [0.3, 0.4) is 0 Å². The predicted octanol–water partition coefficient (Wildman–Crippen LogP) is 2.54. The summed E-state index contributed by atoms with van der Waals surface area (Å²) in [5, 5.41) is 2.49. The first-order valence-electron chi connectivity index (χ1n) is 6.81. The zero-order chi connectivity index (χ0) is 16.3. The van der Waals surface area contributed by atoms with Gasteiger partial charge < -0.3 is 15.5 Å². The van der Waals surface area contributed by atoms with Gasteiger partial charge in [0.05, 0.1) is 6.04 Å². The Kier molecular flexibility index (Phi) is 4.87. The molecule has 2 rings (SSSR count). The van der Waals surface area contributed by atoms with E-state index in [2.05, 4.69) is 10.3 Å². The number of carbonyl (C=O) groups is 1. The summed E-state index contributed by atoms with van der Waals surface area (Å²) in [4.78, 5) is 16.0. The Labute approximate surface area is 126 Å². The van der Waals surface area contributed by atoms with Crippen LogP contribution in [-0.2, 0) is 6.54 Å². The largest absolute Gasteiger partial charge is 0.446 e. The topological polar surface area (TPSA) is 81.1 Å². The second-order valence-electron chi connectivity index (χ2n) is 5.26. The van der Waals surface area contributed by atoms with E-state index in [1.165, 1.54) is 12.3 Å². The standard InChI is InChI=1S/C15H17F2N3O2/c1-8(2)13(18)15-20-12(7-22-15)14(21)19-6-9-3-4-10(16)5-11(9)17/h3-5,7-8,13H,6,18H2,1-2H3,(H,19,21). The van der Waals surface area contributed by atoms with Gasteiger partial charge in [-0.25, -0.2) is 13.8 Å². The van der Waals surface area contributed by atoms with E-state index in [1.54, 1.807) is 0 Å². The molecule has 1 heterocycles. The lowest BCUT2D eigenvalue weighted by atomic mass is 10.1. The predicted molar refractivity (Wildman–Crippen MR) is 75.8 cm³/mol. The molecule has 1 aromatic heterocycles. The fourth-order valence-corrected chi connectivity index (χ4v) is 1.76. The molecule has 118 valence electrons. The molecule has 1 aromatic carbocycles. The zero-order valence-corrected chi connectivity index (χ0v) is 12.3. The van der Waals surface area contributed by atoms with Gasteiger partial charge in [0.25, 0.3) is 5.91 Å². The van der Waals surface area contributed by atoms with E-state index in [0.717, 1.165) is 12.1 Å². The zero-order valence-electron chi connectivity index (χ0n) is 12.3. The summed E-state index contributed by atoms with van der Waals surface area (Å²) in [6.07, 6.45) is 1.20. The molecule has 0 radical (unpaired) electrons. The molecule has 0 aliphatic carbocycles. The molecule has 5 nitrogen and oxygen atoms in total. The van der Waals surface area contributed by atoms with Crippen LogP contribution in [0, 0.1) is 17.6 Å². The highest BCUT2D eigenvalue weighted by atomic mass is 19.1. The minimum atomic E-state index is -0.719. The molecule has 0 aliphatic heterocycles. The quantitative estimate of drug-likeness (QED) is 0.889. The monoisotopic (exact) mass is 309 g/mol. The summed E-state index contributed by atoms with van der Waals surface area (Å²) >= 11 is 0. The Morgan fingerprint density at radius 2 is 2.14 bits per heavy atom. The third kappa shape index (κ3) is 3.67. The van der Waals surface area contributed by atoms with Crippen LogP contribution in [0.4, 0.5) is 8.78 Å².